The lowest BCUT2D eigenvalue weighted by Gasteiger charge is -2.16. The molecule has 0 aromatic heterocycles. The Bertz CT molecular complexity index is 857. The zero-order valence-electron chi connectivity index (χ0n) is 41.0. The van der Waals surface area contributed by atoms with Gasteiger partial charge in [0.25, 0.3) is 0 Å². The molecule has 0 N–H and O–H groups in total. The Balaban J connectivity index is 1.91. The molecule has 0 aliphatic carbocycles. The molecule has 0 radical (unpaired) electrons. The van der Waals surface area contributed by atoms with Gasteiger partial charge in [-0.05, 0) is 31.4 Å². The van der Waals surface area contributed by atoms with E-state index in [0.29, 0.717) is 0 Å². The third-order valence-corrected chi connectivity index (χ3v) is 13.1. The molecule has 0 atom stereocenters. The summed E-state index contributed by atoms with van der Waals surface area (Å²) in [7, 11) is 0. The summed E-state index contributed by atoms with van der Waals surface area (Å²) >= 11 is 0. The monoisotopic (exact) mass is 825 g/mol. The van der Waals surface area contributed by atoms with Crippen LogP contribution in [0.4, 0.5) is 0 Å². The molecule has 1 rings (SSSR count). The van der Waals surface area contributed by atoms with Gasteiger partial charge in [0.05, 0.1) is 13.2 Å². The molecule has 0 fully saturated rings. The van der Waals surface area contributed by atoms with E-state index >= 15 is 0 Å². The molecule has 0 saturated carbocycles. The minimum absolute atomic E-state index is 0.832. The smallest absolute Gasteiger partial charge is 0.126 e. The summed E-state index contributed by atoms with van der Waals surface area (Å²) in [5, 5.41) is 0. The van der Waals surface area contributed by atoms with E-state index in [1.807, 2.05) is 0 Å². The van der Waals surface area contributed by atoms with E-state index in [9.17, 15) is 0 Å². The van der Waals surface area contributed by atoms with E-state index < -0.39 is 0 Å². The van der Waals surface area contributed by atoms with Gasteiger partial charge in [-0.2, -0.15) is 0 Å². The maximum absolute atomic E-state index is 6.35. The fourth-order valence-electron chi connectivity index (χ4n) is 9.10. The van der Waals surface area contributed by atoms with Gasteiger partial charge < -0.3 is 9.47 Å². The van der Waals surface area contributed by atoms with Crippen LogP contribution in [-0.4, -0.2) is 13.2 Å². The van der Waals surface area contributed by atoms with Crippen molar-refractivity contribution < 1.29 is 9.47 Å². The molecule has 0 heterocycles. The van der Waals surface area contributed by atoms with Crippen molar-refractivity contribution in [2.45, 2.75) is 316 Å². The van der Waals surface area contributed by atoms with Crippen LogP contribution in [0.15, 0.2) is 18.2 Å². The van der Waals surface area contributed by atoms with Crippen LogP contribution in [0.25, 0.3) is 0 Å². The maximum Gasteiger partial charge on any atom is 0.126 e. The molecular formula is C57H108O2. The van der Waals surface area contributed by atoms with Gasteiger partial charge in [0.1, 0.15) is 11.5 Å². The van der Waals surface area contributed by atoms with Crippen LogP contribution in [0.2, 0.25) is 0 Å². The van der Waals surface area contributed by atoms with Crippen LogP contribution in [0.5, 0.6) is 11.5 Å². The van der Waals surface area contributed by atoms with Crippen molar-refractivity contribution in [2.75, 3.05) is 13.2 Å². The first kappa shape index (κ1) is 55.8. The SMILES string of the molecule is CCCCCCCCCCCCCCCCCCCCCCCCOc1cccc(OCCCCCCCCCCCCCCCCCCCCCCCC)c1CCC. The Hall–Kier alpha value is -1.18. The van der Waals surface area contributed by atoms with Crippen LogP contribution in [-0.2, 0) is 6.42 Å². The van der Waals surface area contributed by atoms with E-state index in [0.717, 1.165) is 50.4 Å². The minimum Gasteiger partial charge on any atom is -0.493 e. The van der Waals surface area contributed by atoms with Gasteiger partial charge in [0, 0.05) is 5.56 Å². The average molecular weight is 825 g/mol. The zero-order chi connectivity index (χ0) is 42.2. The molecule has 0 saturated heterocycles. The lowest BCUT2D eigenvalue weighted by molar-refractivity contribution is 0.284. The summed E-state index contributed by atoms with van der Waals surface area (Å²) in [6, 6.07) is 6.45. The highest BCUT2D eigenvalue weighted by atomic mass is 16.5. The fourth-order valence-corrected chi connectivity index (χ4v) is 9.10. The molecule has 59 heavy (non-hydrogen) atoms. The Morgan fingerprint density at radius 1 is 0.254 bits per heavy atom. The molecule has 0 amide bonds. The molecule has 0 spiro atoms. The van der Waals surface area contributed by atoms with Gasteiger partial charge in [0.2, 0.25) is 0 Å². The van der Waals surface area contributed by atoms with Crippen LogP contribution < -0.4 is 9.47 Å². The molecule has 1 aromatic carbocycles. The van der Waals surface area contributed by atoms with Gasteiger partial charge in [-0.15, -0.1) is 0 Å². The van der Waals surface area contributed by atoms with Crippen molar-refractivity contribution in [3.8, 4) is 11.5 Å². The van der Waals surface area contributed by atoms with Crippen LogP contribution >= 0.6 is 0 Å². The van der Waals surface area contributed by atoms with Crippen molar-refractivity contribution in [1.29, 1.82) is 0 Å². The Morgan fingerprint density at radius 2 is 0.458 bits per heavy atom. The Labute approximate surface area is 372 Å². The lowest BCUT2D eigenvalue weighted by atomic mass is 10.0. The van der Waals surface area contributed by atoms with Gasteiger partial charge in [-0.1, -0.05) is 303 Å². The summed E-state index contributed by atoms with van der Waals surface area (Å²) in [6.45, 7) is 8.54. The Morgan fingerprint density at radius 3 is 0.661 bits per heavy atom. The van der Waals surface area contributed by atoms with E-state index in [1.54, 1.807) is 0 Å². The van der Waals surface area contributed by atoms with Gasteiger partial charge in [-0.25, -0.2) is 0 Å². The third-order valence-electron chi connectivity index (χ3n) is 13.1. The highest BCUT2D eigenvalue weighted by Crippen LogP contribution is 2.31. The van der Waals surface area contributed by atoms with E-state index in [1.165, 1.54) is 275 Å². The van der Waals surface area contributed by atoms with E-state index in [2.05, 4.69) is 39.0 Å². The normalized spacial score (nSPS) is 11.5. The van der Waals surface area contributed by atoms with Crippen LogP contribution in [0, 0.1) is 0 Å². The minimum atomic E-state index is 0.832. The molecule has 2 heteroatoms. The standard InChI is InChI=1S/C57H108O2/c1-4-7-9-11-13-15-17-19-21-23-25-27-29-31-33-35-37-39-41-43-45-47-53-58-56-51-49-52-57(55(56)50-6-3)59-54-48-46-44-42-40-38-36-34-32-30-28-26-24-22-20-18-16-14-12-10-8-5-2/h49,51-52H,4-48,50,53-54H2,1-3H3. The molecular weight excluding hydrogens is 717 g/mol. The summed E-state index contributed by atoms with van der Waals surface area (Å²) in [6.07, 6.45) is 64.9. The molecule has 1 aromatic rings. The van der Waals surface area contributed by atoms with Gasteiger partial charge >= 0.3 is 0 Å². The number of unbranched alkanes of at least 4 members (excludes halogenated alkanes) is 42. The molecule has 0 aliphatic rings. The van der Waals surface area contributed by atoms with Crippen molar-refractivity contribution in [2.24, 2.45) is 0 Å². The first-order chi connectivity index (χ1) is 29.3. The van der Waals surface area contributed by atoms with E-state index in [-0.39, 0.29) is 0 Å². The lowest BCUT2D eigenvalue weighted by Crippen LogP contribution is -2.04. The highest BCUT2D eigenvalue weighted by molar-refractivity contribution is 5.45. The number of benzene rings is 1. The Kier molecular flexibility index (Phi) is 45.3. The molecule has 0 aliphatic heterocycles. The molecule has 348 valence electrons. The maximum atomic E-state index is 6.35. The van der Waals surface area contributed by atoms with Crippen LogP contribution in [0.1, 0.15) is 315 Å². The highest BCUT2D eigenvalue weighted by Gasteiger charge is 2.10. The number of hydrogen-bond acceptors (Lipinski definition) is 2. The number of ether oxygens (including phenoxy) is 2. The topological polar surface area (TPSA) is 18.5 Å². The second-order valence-electron chi connectivity index (χ2n) is 19.0. The zero-order valence-corrected chi connectivity index (χ0v) is 41.0. The van der Waals surface area contributed by atoms with Gasteiger partial charge in [-0.3, -0.25) is 0 Å². The fraction of sp³-hybridized carbons (Fsp3) is 0.895. The average Bonchev–Trinajstić information content (AvgIpc) is 3.25. The van der Waals surface area contributed by atoms with Crippen molar-refractivity contribution >= 4 is 0 Å². The van der Waals surface area contributed by atoms with E-state index in [4.69, 9.17) is 9.47 Å². The molecule has 0 bridgehead atoms. The van der Waals surface area contributed by atoms with Crippen LogP contribution in [0.3, 0.4) is 0 Å². The summed E-state index contributed by atoms with van der Waals surface area (Å²) in [4.78, 5) is 0. The molecule has 2 nitrogen and oxygen atoms in total. The number of hydrogen-bond donors (Lipinski definition) is 0. The van der Waals surface area contributed by atoms with Crippen molar-refractivity contribution in [1.82, 2.24) is 0 Å². The largest absolute Gasteiger partial charge is 0.493 e. The number of rotatable bonds is 50. The summed E-state index contributed by atoms with van der Waals surface area (Å²) < 4.78 is 12.7. The predicted octanol–water partition coefficient (Wildman–Crippen LogP) is 20.6. The third kappa shape index (κ3) is 39.4. The second kappa shape index (κ2) is 47.9. The molecule has 0 unspecified atom stereocenters. The summed E-state index contributed by atoms with van der Waals surface area (Å²) in [5.74, 6) is 2.11. The predicted molar refractivity (Wildman–Crippen MR) is 266 cm³/mol. The summed E-state index contributed by atoms with van der Waals surface area (Å²) in [5.41, 5.74) is 1.28. The quantitative estimate of drug-likeness (QED) is 0.0609. The van der Waals surface area contributed by atoms with Gasteiger partial charge in [0.15, 0.2) is 0 Å². The van der Waals surface area contributed by atoms with Crippen molar-refractivity contribution in [3.05, 3.63) is 23.8 Å². The first-order valence-electron chi connectivity index (χ1n) is 27.7. The van der Waals surface area contributed by atoms with Crippen molar-refractivity contribution in [3.63, 3.8) is 0 Å². The first-order valence-corrected chi connectivity index (χ1v) is 27.7. The second-order valence-corrected chi connectivity index (χ2v) is 19.0.